The number of hydrogen-bond acceptors (Lipinski definition) is 7. The summed E-state index contributed by atoms with van der Waals surface area (Å²) in [4.78, 5) is 37.7. The van der Waals surface area contributed by atoms with E-state index in [1.54, 1.807) is 6.08 Å². The van der Waals surface area contributed by atoms with Crippen molar-refractivity contribution in [2.45, 2.75) is 110 Å². The monoisotopic (exact) mass is 514 g/mol. The zero-order valence-corrected chi connectivity index (χ0v) is 23.2. The van der Waals surface area contributed by atoms with Gasteiger partial charge in [0, 0.05) is 24.8 Å². The first-order valence-electron chi connectivity index (χ1n) is 14.0. The van der Waals surface area contributed by atoms with Crippen LogP contribution in [0.2, 0.25) is 0 Å². The molecule has 7 heteroatoms. The quantitative estimate of drug-likeness (QED) is 0.440. The Balaban J connectivity index is 1.41. The fourth-order valence-corrected chi connectivity index (χ4v) is 9.03. The highest BCUT2D eigenvalue weighted by Crippen LogP contribution is 2.66. The molecule has 2 heterocycles. The van der Waals surface area contributed by atoms with Gasteiger partial charge in [-0.2, -0.15) is 0 Å². The Hall–Kier alpha value is -1.99. The summed E-state index contributed by atoms with van der Waals surface area (Å²) in [5.74, 6) is -0.322. The summed E-state index contributed by atoms with van der Waals surface area (Å²) < 4.78 is 17.4. The van der Waals surface area contributed by atoms with Crippen LogP contribution in [0.25, 0.3) is 0 Å². The Kier molecular flexibility index (Phi) is 6.31. The van der Waals surface area contributed by atoms with Crippen LogP contribution in [0.15, 0.2) is 23.3 Å². The Morgan fingerprint density at radius 3 is 2.43 bits per heavy atom. The maximum atomic E-state index is 13.4. The molecular weight excluding hydrogens is 472 g/mol. The third kappa shape index (κ3) is 3.63. The van der Waals surface area contributed by atoms with Crippen molar-refractivity contribution in [3.05, 3.63) is 23.3 Å². The highest BCUT2D eigenvalue weighted by molar-refractivity contribution is 6.00. The smallest absolute Gasteiger partial charge is 0.333 e. The normalized spacial score (nSPS) is 48.1. The van der Waals surface area contributed by atoms with Gasteiger partial charge in [0.1, 0.15) is 6.10 Å². The van der Waals surface area contributed by atoms with Crippen LogP contribution in [0, 0.1) is 35.0 Å². The van der Waals surface area contributed by atoms with Crippen LogP contribution in [0.3, 0.4) is 0 Å². The van der Waals surface area contributed by atoms with Gasteiger partial charge in [-0.15, -0.1) is 0 Å². The SMILES string of the molecule is CC(=O)O[C@H]1C=CC(=O)[C@](O)([C@H]2CC[C@]3(C)[C@@H]([C@H](C)[C@H]4CC(C)=C(C)C(=O)O4)CC[C@H]3[C@@H]2C)[C@@]12O[C@@H]2C. The number of rotatable bonds is 4. The molecule has 2 aliphatic heterocycles. The van der Waals surface area contributed by atoms with E-state index in [1.807, 2.05) is 20.8 Å². The van der Waals surface area contributed by atoms with Gasteiger partial charge in [-0.25, -0.2) is 4.79 Å². The van der Waals surface area contributed by atoms with Crippen molar-refractivity contribution in [3.8, 4) is 0 Å². The lowest BCUT2D eigenvalue weighted by atomic mass is 9.51. The zero-order chi connectivity index (χ0) is 27.1. The molecule has 5 rings (SSSR count). The molecule has 3 aliphatic carbocycles. The third-order valence-corrected chi connectivity index (χ3v) is 11.2. The van der Waals surface area contributed by atoms with Crippen LogP contribution in [0.5, 0.6) is 0 Å². The Morgan fingerprint density at radius 2 is 1.84 bits per heavy atom. The molecule has 37 heavy (non-hydrogen) atoms. The van der Waals surface area contributed by atoms with Gasteiger partial charge in [0.25, 0.3) is 0 Å². The van der Waals surface area contributed by atoms with E-state index in [0.717, 1.165) is 36.8 Å². The fraction of sp³-hybridized carbons (Fsp3) is 0.767. The fourth-order valence-electron chi connectivity index (χ4n) is 9.03. The van der Waals surface area contributed by atoms with Gasteiger partial charge in [-0.3, -0.25) is 9.59 Å². The van der Waals surface area contributed by atoms with E-state index in [1.165, 1.54) is 13.0 Å². The summed E-state index contributed by atoms with van der Waals surface area (Å²) in [5.41, 5.74) is -1.12. The van der Waals surface area contributed by atoms with E-state index in [0.29, 0.717) is 18.3 Å². The van der Waals surface area contributed by atoms with E-state index >= 15 is 0 Å². The molecule has 0 aromatic carbocycles. The zero-order valence-electron chi connectivity index (χ0n) is 23.2. The number of fused-ring (bicyclic) bond motifs is 1. The number of hydrogen-bond donors (Lipinski definition) is 1. The number of epoxide rings is 1. The van der Waals surface area contributed by atoms with E-state index in [2.05, 4.69) is 20.8 Å². The Bertz CT molecular complexity index is 1080. The lowest BCUT2D eigenvalue weighted by molar-refractivity contribution is -0.184. The van der Waals surface area contributed by atoms with Crippen molar-refractivity contribution in [2.24, 2.45) is 35.0 Å². The average Bonchev–Trinajstić information content (AvgIpc) is 3.38. The summed E-state index contributed by atoms with van der Waals surface area (Å²) in [6.45, 7) is 13.8. The van der Waals surface area contributed by atoms with Gasteiger partial charge in [0.05, 0.1) is 6.10 Å². The number of aliphatic hydroxyl groups is 1. The minimum Gasteiger partial charge on any atom is -0.458 e. The molecule has 0 radical (unpaired) electrons. The second kappa shape index (κ2) is 8.77. The van der Waals surface area contributed by atoms with Crippen LogP contribution in [-0.2, 0) is 28.6 Å². The summed E-state index contributed by atoms with van der Waals surface area (Å²) in [6, 6.07) is 0. The molecule has 7 nitrogen and oxygen atoms in total. The lowest BCUT2D eigenvalue weighted by Gasteiger charge is -2.54. The first-order valence-corrected chi connectivity index (χ1v) is 14.0. The molecule has 1 spiro atoms. The molecule has 2 saturated carbocycles. The molecule has 0 amide bonds. The second-order valence-corrected chi connectivity index (χ2v) is 12.8. The maximum absolute atomic E-state index is 13.4. The lowest BCUT2D eigenvalue weighted by Crippen LogP contribution is -2.67. The molecule has 204 valence electrons. The minimum atomic E-state index is -1.75. The summed E-state index contributed by atoms with van der Waals surface area (Å²) in [6.07, 6.45) is 6.02. The number of esters is 2. The molecule has 11 atom stereocenters. The first-order chi connectivity index (χ1) is 17.3. The predicted octanol–water partition coefficient (Wildman–Crippen LogP) is 4.31. The van der Waals surface area contributed by atoms with Gasteiger partial charge in [-0.1, -0.05) is 26.3 Å². The Labute approximate surface area is 220 Å². The molecule has 1 N–H and O–H groups in total. The summed E-state index contributed by atoms with van der Waals surface area (Å²) in [7, 11) is 0. The van der Waals surface area contributed by atoms with Crippen LogP contribution < -0.4 is 0 Å². The van der Waals surface area contributed by atoms with Gasteiger partial charge >= 0.3 is 11.9 Å². The standard InChI is InChI=1S/C30H42O7/c1-15-14-24(36-27(33)16(15)2)18(4)22-9-8-21-17(3)23(12-13-28(21,22)7)29(34)25(32)10-11-26(35-20(6)31)30(29)19(5)37-30/h10-11,17-19,21-24,26,34H,8-9,12-14H2,1-7H3/t17-,18-,19+,21-,22+,23-,24+,26-,28-,29+,30-/m0/s1. The molecule has 0 unspecified atom stereocenters. The van der Waals surface area contributed by atoms with E-state index < -0.39 is 29.4 Å². The minimum absolute atomic E-state index is 0.0221. The van der Waals surface area contributed by atoms with Crippen molar-refractivity contribution < 1.29 is 33.7 Å². The highest BCUT2D eigenvalue weighted by atomic mass is 16.7. The van der Waals surface area contributed by atoms with Crippen LogP contribution in [0.1, 0.15) is 80.6 Å². The molecule has 0 aromatic rings. The third-order valence-electron chi connectivity index (χ3n) is 11.2. The molecule has 0 bridgehead atoms. The number of ketones is 1. The van der Waals surface area contributed by atoms with E-state index in [4.69, 9.17) is 14.2 Å². The van der Waals surface area contributed by atoms with Crippen molar-refractivity contribution in [1.29, 1.82) is 0 Å². The maximum Gasteiger partial charge on any atom is 0.333 e. The topological polar surface area (TPSA) is 102 Å². The highest BCUT2D eigenvalue weighted by Gasteiger charge is 2.78. The van der Waals surface area contributed by atoms with Crippen molar-refractivity contribution in [1.82, 2.24) is 0 Å². The second-order valence-electron chi connectivity index (χ2n) is 12.8. The van der Waals surface area contributed by atoms with Crippen molar-refractivity contribution >= 4 is 17.7 Å². The molecule has 1 saturated heterocycles. The largest absolute Gasteiger partial charge is 0.458 e. The molecule has 3 fully saturated rings. The van der Waals surface area contributed by atoms with Crippen molar-refractivity contribution in [2.75, 3.05) is 0 Å². The summed E-state index contributed by atoms with van der Waals surface area (Å²) >= 11 is 0. The molecule has 5 aliphatic rings. The average molecular weight is 515 g/mol. The van der Waals surface area contributed by atoms with E-state index in [-0.39, 0.29) is 41.0 Å². The van der Waals surface area contributed by atoms with Gasteiger partial charge in [0.2, 0.25) is 0 Å². The van der Waals surface area contributed by atoms with Gasteiger partial charge in [-0.05, 0) is 87.7 Å². The van der Waals surface area contributed by atoms with Gasteiger partial charge in [0.15, 0.2) is 23.1 Å². The number of cyclic esters (lactones) is 1. The van der Waals surface area contributed by atoms with Crippen LogP contribution in [0.4, 0.5) is 0 Å². The molecular formula is C30H42O7. The van der Waals surface area contributed by atoms with Crippen LogP contribution >= 0.6 is 0 Å². The van der Waals surface area contributed by atoms with Crippen LogP contribution in [-0.4, -0.2) is 52.3 Å². The summed E-state index contributed by atoms with van der Waals surface area (Å²) in [5, 5.41) is 12.3. The number of carbonyl (C=O) groups is 3. The molecule has 0 aromatic heterocycles. The number of carbonyl (C=O) groups excluding carboxylic acids is 3. The van der Waals surface area contributed by atoms with Crippen molar-refractivity contribution in [3.63, 3.8) is 0 Å². The van der Waals surface area contributed by atoms with E-state index in [9.17, 15) is 19.5 Å². The van der Waals surface area contributed by atoms with Gasteiger partial charge < -0.3 is 19.3 Å². The first kappa shape index (κ1) is 26.6. The number of ether oxygens (including phenoxy) is 3. The predicted molar refractivity (Wildman–Crippen MR) is 136 cm³/mol. The Morgan fingerprint density at radius 1 is 1.16 bits per heavy atom.